The van der Waals surface area contributed by atoms with Crippen molar-refractivity contribution in [3.63, 3.8) is 0 Å². The van der Waals surface area contributed by atoms with Crippen LogP contribution in [-0.2, 0) is 0 Å². The van der Waals surface area contributed by atoms with Crippen LogP contribution in [0.2, 0.25) is 0 Å². The van der Waals surface area contributed by atoms with E-state index in [-0.39, 0.29) is 5.76 Å². The van der Waals surface area contributed by atoms with Crippen molar-refractivity contribution in [2.24, 2.45) is 0 Å². The molecule has 3 rings (SSSR count). The Morgan fingerprint density at radius 2 is 1.86 bits per heavy atom. The molecule has 0 aliphatic heterocycles. The third kappa shape index (κ3) is 3.49. The number of nitrogens with zero attached hydrogens (tertiary/aromatic N) is 1. The average Bonchev–Trinajstić information content (AvgIpc) is 3.10. The summed E-state index contributed by atoms with van der Waals surface area (Å²) in [5, 5.41) is 0. The van der Waals surface area contributed by atoms with Crippen LogP contribution in [0.25, 0.3) is 12.2 Å². The number of hydrogen-bond donors (Lipinski definition) is 0. The Morgan fingerprint density at radius 3 is 2.55 bits per heavy atom. The van der Waals surface area contributed by atoms with Crippen molar-refractivity contribution >= 4 is 18.1 Å². The third-order valence-electron chi connectivity index (χ3n) is 2.95. The molecule has 0 fully saturated rings. The lowest BCUT2D eigenvalue weighted by Crippen LogP contribution is -2.06. The van der Waals surface area contributed by atoms with E-state index in [9.17, 15) is 4.79 Å². The second kappa shape index (κ2) is 6.54. The fourth-order valence-electron chi connectivity index (χ4n) is 1.86. The smallest absolute Gasteiger partial charge is 0.379 e. The molecule has 4 heteroatoms. The second-order valence-corrected chi connectivity index (χ2v) is 4.52. The number of esters is 1. The van der Waals surface area contributed by atoms with E-state index < -0.39 is 5.97 Å². The minimum atomic E-state index is -0.512. The quantitative estimate of drug-likeness (QED) is 0.537. The molecule has 0 radical (unpaired) electrons. The Balaban J connectivity index is 1.65. The number of pyridine rings is 1. The normalized spacial score (nSPS) is 10.7. The molecule has 0 aliphatic rings. The van der Waals surface area contributed by atoms with Crippen molar-refractivity contribution in [2.75, 3.05) is 0 Å². The minimum absolute atomic E-state index is 0.180. The molecule has 0 spiro atoms. The van der Waals surface area contributed by atoms with Crippen LogP contribution in [0, 0.1) is 0 Å². The molecule has 0 atom stereocenters. The number of aromatic nitrogens is 1. The maximum atomic E-state index is 11.7. The van der Waals surface area contributed by atoms with Crippen molar-refractivity contribution in [1.82, 2.24) is 4.98 Å². The number of carbonyl (C=O) groups is 1. The van der Waals surface area contributed by atoms with Gasteiger partial charge < -0.3 is 9.15 Å². The third-order valence-corrected chi connectivity index (χ3v) is 2.95. The van der Waals surface area contributed by atoms with Crippen molar-refractivity contribution in [3.05, 3.63) is 84.1 Å². The van der Waals surface area contributed by atoms with Gasteiger partial charge in [-0.1, -0.05) is 24.3 Å². The molecule has 2 heterocycles. The van der Waals surface area contributed by atoms with E-state index in [0.717, 1.165) is 11.3 Å². The molecule has 0 amide bonds. The van der Waals surface area contributed by atoms with Gasteiger partial charge in [0.15, 0.2) is 0 Å². The summed E-state index contributed by atoms with van der Waals surface area (Å²) in [6.45, 7) is 0. The van der Waals surface area contributed by atoms with Gasteiger partial charge in [0.25, 0.3) is 0 Å². The Hall–Kier alpha value is -3.14. The number of hydrogen-bond acceptors (Lipinski definition) is 4. The molecule has 0 unspecified atom stereocenters. The first-order valence-electron chi connectivity index (χ1n) is 6.76. The van der Waals surface area contributed by atoms with Crippen molar-refractivity contribution in [1.29, 1.82) is 0 Å². The largest absolute Gasteiger partial charge is 0.457 e. The van der Waals surface area contributed by atoms with E-state index in [1.807, 2.05) is 42.5 Å². The monoisotopic (exact) mass is 291 g/mol. The molecule has 0 saturated heterocycles. The standard InChI is InChI=1S/C18H13NO3/c20-18(17-5-3-13-21-17)22-16-10-7-14(8-11-16)6-9-15-4-1-2-12-19-15/h1-13H/b9-6+. The zero-order chi connectivity index (χ0) is 15.2. The summed E-state index contributed by atoms with van der Waals surface area (Å²) in [6, 6.07) is 16.1. The van der Waals surface area contributed by atoms with E-state index in [2.05, 4.69) is 4.98 Å². The molecule has 22 heavy (non-hydrogen) atoms. The molecule has 108 valence electrons. The van der Waals surface area contributed by atoms with Crippen LogP contribution in [-0.4, -0.2) is 11.0 Å². The molecule has 0 bridgehead atoms. The zero-order valence-electron chi connectivity index (χ0n) is 11.7. The highest BCUT2D eigenvalue weighted by Gasteiger charge is 2.10. The number of furan rings is 1. The number of ether oxygens (including phenoxy) is 1. The predicted molar refractivity (Wildman–Crippen MR) is 83.3 cm³/mol. The SMILES string of the molecule is O=C(Oc1ccc(/C=C/c2ccccn2)cc1)c1ccco1. The molecular weight excluding hydrogens is 278 g/mol. The fraction of sp³-hybridized carbons (Fsp3) is 0. The lowest BCUT2D eigenvalue weighted by atomic mass is 10.2. The van der Waals surface area contributed by atoms with Crippen LogP contribution in [0.5, 0.6) is 5.75 Å². The second-order valence-electron chi connectivity index (χ2n) is 4.52. The van der Waals surface area contributed by atoms with Crippen LogP contribution >= 0.6 is 0 Å². The van der Waals surface area contributed by atoms with Crippen molar-refractivity contribution < 1.29 is 13.9 Å². The lowest BCUT2D eigenvalue weighted by Gasteiger charge is -2.02. The van der Waals surface area contributed by atoms with Crippen LogP contribution in [0.4, 0.5) is 0 Å². The van der Waals surface area contributed by atoms with E-state index >= 15 is 0 Å². The highest BCUT2D eigenvalue weighted by atomic mass is 16.5. The molecule has 0 N–H and O–H groups in total. The summed E-state index contributed by atoms with van der Waals surface area (Å²) in [7, 11) is 0. The van der Waals surface area contributed by atoms with Crippen LogP contribution in [0.15, 0.2) is 71.5 Å². The minimum Gasteiger partial charge on any atom is -0.457 e. The van der Waals surface area contributed by atoms with Gasteiger partial charge in [-0.25, -0.2) is 4.79 Å². The Morgan fingerprint density at radius 1 is 1.00 bits per heavy atom. The topological polar surface area (TPSA) is 52.3 Å². The Labute approximate surface area is 127 Å². The van der Waals surface area contributed by atoms with Crippen LogP contribution in [0.1, 0.15) is 21.8 Å². The maximum absolute atomic E-state index is 11.7. The molecule has 0 saturated carbocycles. The van der Waals surface area contributed by atoms with E-state index in [0.29, 0.717) is 5.75 Å². The highest BCUT2D eigenvalue weighted by Crippen LogP contribution is 2.16. The number of benzene rings is 1. The predicted octanol–water partition coefficient (Wildman–Crippen LogP) is 4.06. The van der Waals surface area contributed by atoms with E-state index in [4.69, 9.17) is 9.15 Å². The highest BCUT2D eigenvalue weighted by molar-refractivity contribution is 5.88. The summed E-state index contributed by atoms with van der Waals surface area (Å²) in [4.78, 5) is 15.9. The first-order valence-corrected chi connectivity index (χ1v) is 6.76. The molecule has 2 aromatic heterocycles. The van der Waals surface area contributed by atoms with Gasteiger partial charge in [0.05, 0.1) is 12.0 Å². The average molecular weight is 291 g/mol. The van der Waals surface area contributed by atoms with Gasteiger partial charge in [0, 0.05) is 6.20 Å². The van der Waals surface area contributed by atoms with Gasteiger partial charge in [0.1, 0.15) is 5.75 Å². The summed E-state index contributed by atoms with van der Waals surface area (Å²) >= 11 is 0. The molecular formula is C18H13NO3. The lowest BCUT2D eigenvalue weighted by molar-refractivity contribution is 0.0701. The molecule has 4 nitrogen and oxygen atoms in total. The van der Waals surface area contributed by atoms with Gasteiger partial charge in [0.2, 0.25) is 5.76 Å². The maximum Gasteiger partial charge on any atom is 0.379 e. The van der Waals surface area contributed by atoms with Gasteiger partial charge in [-0.15, -0.1) is 0 Å². The summed E-state index contributed by atoms with van der Waals surface area (Å²) in [5.74, 6) is 0.136. The molecule has 0 aliphatic carbocycles. The summed E-state index contributed by atoms with van der Waals surface area (Å²) in [6.07, 6.45) is 7.04. The van der Waals surface area contributed by atoms with Crippen molar-refractivity contribution in [2.45, 2.75) is 0 Å². The Kier molecular flexibility index (Phi) is 4.11. The first kappa shape index (κ1) is 13.8. The number of carbonyl (C=O) groups excluding carboxylic acids is 1. The van der Waals surface area contributed by atoms with Gasteiger partial charge in [-0.2, -0.15) is 0 Å². The fourth-order valence-corrected chi connectivity index (χ4v) is 1.86. The summed E-state index contributed by atoms with van der Waals surface area (Å²) in [5.41, 5.74) is 1.87. The molecule has 3 aromatic rings. The van der Waals surface area contributed by atoms with Crippen molar-refractivity contribution in [3.8, 4) is 5.75 Å². The van der Waals surface area contributed by atoms with Gasteiger partial charge >= 0.3 is 5.97 Å². The first-order chi connectivity index (χ1) is 10.8. The van der Waals surface area contributed by atoms with E-state index in [1.54, 1.807) is 30.5 Å². The number of rotatable bonds is 4. The summed E-state index contributed by atoms with van der Waals surface area (Å²) < 4.78 is 10.2. The Bertz CT molecular complexity index is 760. The molecule has 1 aromatic carbocycles. The van der Waals surface area contributed by atoms with Gasteiger partial charge in [-0.05, 0) is 48.0 Å². The zero-order valence-corrected chi connectivity index (χ0v) is 11.7. The van der Waals surface area contributed by atoms with Crippen LogP contribution < -0.4 is 4.74 Å². The van der Waals surface area contributed by atoms with Gasteiger partial charge in [-0.3, -0.25) is 4.98 Å². The van der Waals surface area contributed by atoms with Crippen LogP contribution in [0.3, 0.4) is 0 Å². The van der Waals surface area contributed by atoms with E-state index in [1.165, 1.54) is 6.26 Å².